The van der Waals surface area contributed by atoms with Gasteiger partial charge < -0.3 is 16.0 Å². The van der Waals surface area contributed by atoms with E-state index < -0.39 is 30.0 Å². The molecule has 3 rings (SSSR count). The molecule has 3 N–H and O–H groups in total. The van der Waals surface area contributed by atoms with E-state index in [1.54, 1.807) is 5.32 Å². The van der Waals surface area contributed by atoms with Gasteiger partial charge in [-0.1, -0.05) is 23.7 Å². The summed E-state index contributed by atoms with van der Waals surface area (Å²) in [4.78, 5) is 11.8. The Morgan fingerprint density at radius 3 is 2.62 bits per heavy atom. The van der Waals surface area contributed by atoms with Crippen molar-refractivity contribution < 1.29 is 22.4 Å². The zero-order valence-electron chi connectivity index (χ0n) is 15.4. The van der Waals surface area contributed by atoms with Crippen LogP contribution in [-0.2, 0) is 19.4 Å². The van der Waals surface area contributed by atoms with Gasteiger partial charge >= 0.3 is 6.18 Å². The largest absolute Gasteiger partial charge is 0.405 e. The summed E-state index contributed by atoms with van der Waals surface area (Å²) in [5.74, 6) is -1.99. The third kappa shape index (κ3) is 5.61. The summed E-state index contributed by atoms with van der Waals surface area (Å²) in [7, 11) is 0. The molecule has 4 nitrogen and oxygen atoms in total. The Bertz CT molecular complexity index is 902. The van der Waals surface area contributed by atoms with Crippen LogP contribution in [0.2, 0.25) is 5.02 Å². The number of nitrogens with one attached hydrogen (secondary N) is 3. The van der Waals surface area contributed by atoms with Crippen molar-refractivity contribution in [2.75, 3.05) is 25.0 Å². The summed E-state index contributed by atoms with van der Waals surface area (Å²) < 4.78 is 50.9. The topological polar surface area (TPSA) is 53.2 Å². The molecule has 1 amide bonds. The van der Waals surface area contributed by atoms with E-state index in [-0.39, 0.29) is 6.54 Å². The Labute approximate surface area is 170 Å². The van der Waals surface area contributed by atoms with Crippen molar-refractivity contribution >= 4 is 23.2 Å². The molecule has 1 aliphatic heterocycles. The molecule has 9 heteroatoms. The zero-order valence-corrected chi connectivity index (χ0v) is 16.2. The second kappa shape index (κ2) is 9.00. The maximum atomic E-state index is 14.2. The molecule has 0 fully saturated rings. The SMILES string of the molecule is O=C(NCC(F)(F)F)c1ccc(CNc2c(Cl)ccc3c2CCNCC3)cc1F. The average Bonchev–Trinajstić information content (AvgIpc) is 2.90. The number of carbonyl (C=O) groups is 1. The molecular formula is C20H20ClF4N3O. The van der Waals surface area contributed by atoms with Crippen LogP contribution in [0.5, 0.6) is 0 Å². The van der Waals surface area contributed by atoms with Gasteiger partial charge in [-0.25, -0.2) is 4.39 Å². The summed E-state index contributed by atoms with van der Waals surface area (Å²) in [6.07, 6.45) is -2.86. The highest BCUT2D eigenvalue weighted by molar-refractivity contribution is 6.33. The van der Waals surface area contributed by atoms with Gasteiger partial charge in [0.1, 0.15) is 12.4 Å². The van der Waals surface area contributed by atoms with Crippen LogP contribution in [0.1, 0.15) is 27.0 Å². The number of anilines is 1. The Morgan fingerprint density at radius 1 is 1.14 bits per heavy atom. The molecule has 0 radical (unpaired) electrons. The van der Waals surface area contributed by atoms with E-state index in [0.29, 0.717) is 10.6 Å². The fourth-order valence-electron chi connectivity index (χ4n) is 3.25. The Morgan fingerprint density at radius 2 is 1.90 bits per heavy atom. The van der Waals surface area contributed by atoms with Crippen molar-refractivity contribution in [3.63, 3.8) is 0 Å². The number of fused-ring (bicyclic) bond motifs is 1. The van der Waals surface area contributed by atoms with Gasteiger partial charge in [-0.15, -0.1) is 0 Å². The minimum Gasteiger partial charge on any atom is -0.380 e. The molecule has 1 aliphatic rings. The highest BCUT2D eigenvalue weighted by Gasteiger charge is 2.28. The van der Waals surface area contributed by atoms with Crippen molar-refractivity contribution in [3.8, 4) is 0 Å². The molecule has 156 valence electrons. The van der Waals surface area contributed by atoms with E-state index >= 15 is 0 Å². The van der Waals surface area contributed by atoms with E-state index in [1.165, 1.54) is 17.7 Å². The minimum absolute atomic E-state index is 0.255. The lowest BCUT2D eigenvalue weighted by atomic mass is 10.0. The second-order valence-electron chi connectivity index (χ2n) is 6.78. The number of hydrogen-bond donors (Lipinski definition) is 3. The lowest BCUT2D eigenvalue weighted by Gasteiger charge is -2.16. The van der Waals surface area contributed by atoms with E-state index in [4.69, 9.17) is 11.6 Å². The molecule has 29 heavy (non-hydrogen) atoms. The van der Waals surface area contributed by atoms with Crippen molar-refractivity contribution in [1.29, 1.82) is 0 Å². The number of amides is 1. The average molecular weight is 430 g/mol. The summed E-state index contributed by atoms with van der Waals surface area (Å²) in [6, 6.07) is 7.63. The molecular weight excluding hydrogens is 410 g/mol. The van der Waals surface area contributed by atoms with Crippen molar-refractivity contribution in [2.45, 2.75) is 25.6 Å². The molecule has 0 aromatic heterocycles. The van der Waals surface area contributed by atoms with Crippen molar-refractivity contribution in [2.24, 2.45) is 0 Å². The molecule has 0 spiro atoms. The summed E-state index contributed by atoms with van der Waals surface area (Å²) in [6.45, 7) is 0.460. The fourth-order valence-corrected chi connectivity index (χ4v) is 3.50. The zero-order chi connectivity index (χ0) is 21.0. The van der Waals surface area contributed by atoms with Crippen LogP contribution in [0.4, 0.5) is 23.2 Å². The number of carbonyl (C=O) groups excluding carboxylic acids is 1. The predicted molar refractivity (Wildman–Crippen MR) is 104 cm³/mol. The maximum absolute atomic E-state index is 14.2. The summed E-state index contributed by atoms with van der Waals surface area (Å²) in [5.41, 5.74) is 3.21. The van der Waals surface area contributed by atoms with E-state index in [9.17, 15) is 22.4 Å². The molecule has 0 aliphatic carbocycles. The van der Waals surface area contributed by atoms with Crippen LogP contribution in [0.3, 0.4) is 0 Å². The number of alkyl halides is 3. The Kier molecular flexibility index (Phi) is 6.64. The van der Waals surface area contributed by atoms with Crippen molar-refractivity contribution in [3.05, 3.63) is 63.4 Å². The van der Waals surface area contributed by atoms with Gasteiger partial charge in [-0.3, -0.25) is 4.79 Å². The highest BCUT2D eigenvalue weighted by Crippen LogP contribution is 2.31. The van der Waals surface area contributed by atoms with Crippen LogP contribution in [-0.4, -0.2) is 31.7 Å². The third-order valence-electron chi connectivity index (χ3n) is 4.68. The number of rotatable bonds is 5. The van der Waals surface area contributed by atoms with Gasteiger partial charge in [0.2, 0.25) is 0 Å². The van der Waals surface area contributed by atoms with Crippen LogP contribution < -0.4 is 16.0 Å². The summed E-state index contributed by atoms with van der Waals surface area (Å²) in [5, 5.41) is 8.79. The normalized spacial score (nSPS) is 14.1. The van der Waals surface area contributed by atoms with E-state index in [1.807, 2.05) is 12.1 Å². The van der Waals surface area contributed by atoms with Gasteiger partial charge in [-0.2, -0.15) is 13.2 Å². The van der Waals surface area contributed by atoms with Gasteiger partial charge in [-0.05, 0) is 60.8 Å². The minimum atomic E-state index is -4.56. The number of hydrogen-bond acceptors (Lipinski definition) is 3. The quantitative estimate of drug-likeness (QED) is 0.628. The van der Waals surface area contributed by atoms with Gasteiger partial charge in [0.05, 0.1) is 16.3 Å². The molecule has 0 atom stereocenters. The van der Waals surface area contributed by atoms with Crippen LogP contribution in [0.15, 0.2) is 30.3 Å². The van der Waals surface area contributed by atoms with Gasteiger partial charge in [0, 0.05) is 6.54 Å². The predicted octanol–water partition coefficient (Wildman–Crippen LogP) is 4.07. The van der Waals surface area contributed by atoms with E-state index in [0.717, 1.165) is 43.2 Å². The van der Waals surface area contributed by atoms with Gasteiger partial charge in [0.15, 0.2) is 0 Å². The number of halogens is 5. The first-order valence-corrected chi connectivity index (χ1v) is 9.50. The first-order chi connectivity index (χ1) is 13.7. The molecule has 1 heterocycles. The first kappa shape index (κ1) is 21.4. The highest BCUT2D eigenvalue weighted by atomic mass is 35.5. The maximum Gasteiger partial charge on any atom is 0.405 e. The van der Waals surface area contributed by atoms with Crippen LogP contribution >= 0.6 is 11.6 Å². The molecule has 0 saturated heterocycles. The lowest BCUT2D eigenvalue weighted by Crippen LogP contribution is -2.34. The Hall–Kier alpha value is -2.32. The van der Waals surface area contributed by atoms with Crippen molar-refractivity contribution in [1.82, 2.24) is 10.6 Å². The summed E-state index contributed by atoms with van der Waals surface area (Å²) >= 11 is 6.35. The third-order valence-corrected chi connectivity index (χ3v) is 4.99. The fraction of sp³-hybridized carbons (Fsp3) is 0.350. The molecule has 0 saturated carbocycles. The smallest absolute Gasteiger partial charge is 0.380 e. The second-order valence-corrected chi connectivity index (χ2v) is 7.18. The van der Waals surface area contributed by atoms with E-state index in [2.05, 4.69) is 10.6 Å². The molecule has 2 aromatic carbocycles. The van der Waals surface area contributed by atoms with Crippen LogP contribution in [0.25, 0.3) is 0 Å². The van der Waals surface area contributed by atoms with Gasteiger partial charge in [0.25, 0.3) is 5.91 Å². The Balaban J connectivity index is 1.71. The molecule has 2 aromatic rings. The van der Waals surface area contributed by atoms with Crippen LogP contribution in [0, 0.1) is 5.82 Å². The lowest BCUT2D eigenvalue weighted by molar-refractivity contribution is -0.123. The number of benzene rings is 2. The monoisotopic (exact) mass is 429 g/mol. The standard InChI is InChI=1S/C20H20ClF4N3O/c21-16-4-2-13-5-7-26-8-6-14(13)18(16)27-10-12-1-3-15(17(22)9-12)19(29)28-11-20(23,24)25/h1-4,9,26-27H,5-8,10-11H2,(H,28,29). The molecule has 0 unspecified atom stereocenters. The molecule has 0 bridgehead atoms. The first-order valence-electron chi connectivity index (χ1n) is 9.13.